The first-order valence-electron chi connectivity index (χ1n) is 14.6. The lowest BCUT2D eigenvalue weighted by Crippen LogP contribution is -2.46. The van der Waals surface area contributed by atoms with Crippen LogP contribution < -0.4 is 4.74 Å². The van der Waals surface area contributed by atoms with Crippen LogP contribution in [0.3, 0.4) is 0 Å². The predicted molar refractivity (Wildman–Crippen MR) is 177 cm³/mol. The molecule has 0 aliphatic rings. The summed E-state index contributed by atoms with van der Waals surface area (Å²) in [4.78, 5) is 13.5. The lowest BCUT2D eigenvalue weighted by atomic mass is 10.0. The van der Waals surface area contributed by atoms with Gasteiger partial charge < -0.3 is 9.47 Å². The topological polar surface area (TPSA) is 72.9 Å². The molecule has 0 saturated heterocycles. The molecular formula is C37H41NO5S. The number of carbonyl (C=O) groups excluding carboxylic acids is 1. The van der Waals surface area contributed by atoms with Gasteiger partial charge in [0, 0.05) is 6.54 Å². The zero-order valence-electron chi connectivity index (χ0n) is 26.5. The van der Waals surface area contributed by atoms with Crippen molar-refractivity contribution in [2.75, 3.05) is 14.2 Å². The normalized spacial score (nSPS) is 12.7. The lowest BCUT2D eigenvalue weighted by molar-refractivity contribution is -0.145. The average Bonchev–Trinajstić information content (AvgIpc) is 3.02. The summed E-state index contributed by atoms with van der Waals surface area (Å²) in [5.74, 6) is -0.00406. The maximum atomic E-state index is 14.7. The van der Waals surface area contributed by atoms with Gasteiger partial charge in [0.15, 0.2) is 0 Å². The van der Waals surface area contributed by atoms with Crippen LogP contribution in [-0.4, -0.2) is 39.0 Å². The van der Waals surface area contributed by atoms with E-state index >= 15 is 0 Å². The molecule has 230 valence electrons. The summed E-state index contributed by atoms with van der Waals surface area (Å²) in [6.45, 7) is 9.49. The highest BCUT2D eigenvalue weighted by atomic mass is 32.2. The number of benzene rings is 4. The van der Waals surface area contributed by atoms with Crippen molar-refractivity contribution >= 4 is 27.6 Å². The van der Waals surface area contributed by atoms with Crippen molar-refractivity contribution < 1.29 is 22.7 Å². The van der Waals surface area contributed by atoms with E-state index in [-0.39, 0.29) is 17.9 Å². The van der Waals surface area contributed by atoms with E-state index in [4.69, 9.17) is 9.47 Å². The van der Waals surface area contributed by atoms with Crippen molar-refractivity contribution in [1.29, 1.82) is 0 Å². The van der Waals surface area contributed by atoms with Gasteiger partial charge in [-0.05, 0) is 97.2 Å². The summed E-state index contributed by atoms with van der Waals surface area (Å²) in [6, 6.07) is 26.1. The average molecular weight is 612 g/mol. The highest BCUT2D eigenvalue weighted by molar-refractivity contribution is 7.89. The standard InChI is InChI=1S/C37H41NO5S/c1-25-13-11-12-16-33(25)21-26(2)32-19-17-31(18-20-32)24-38(34(37(39)43-7)23-30-14-9-8-10-15-30)44(40,41)36-27(3)22-35(42-6)28(4)29(36)5/h8-22,34H,23-24H2,1-7H3/b26-21+/t34-/m0/s1. The lowest BCUT2D eigenvalue weighted by Gasteiger charge is -2.31. The van der Waals surface area contributed by atoms with Gasteiger partial charge in [0.05, 0.1) is 19.1 Å². The van der Waals surface area contributed by atoms with Gasteiger partial charge in [0.2, 0.25) is 10.0 Å². The SMILES string of the molecule is COC(=O)[C@H](Cc1ccccc1)N(Cc1ccc(/C(C)=C/c2ccccc2C)cc1)S(=O)(=O)c1c(C)cc(OC)c(C)c1C. The van der Waals surface area contributed by atoms with E-state index < -0.39 is 22.0 Å². The van der Waals surface area contributed by atoms with E-state index in [1.807, 2.05) is 73.7 Å². The molecule has 7 heteroatoms. The third-order valence-corrected chi connectivity index (χ3v) is 10.3. The third-order valence-electron chi connectivity index (χ3n) is 8.17. The van der Waals surface area contributed by atoms with Crippen LogP contribution in [0.4, 0.5) is 0 Å². The van der Waals surface area contributed by atoms with Crippen molar-refractivity contribution in [3.63, 3.8) is 0 Å². The quantitative estimate of drug-likeness (QED) is 0.130. The smallest absolute Gasteiger partial charge is 0.324 e. The molecule has 6 nitrogen and oxygen atoms in total. The highest BCUT2D eigenvalue weighted by Gasteiger charge is 2.39. The maximum Gasteiger partial charge on any atom is 0.324 e. The highest BCUT2D eigenvalue weighted by Crippen LogP contribution is 2.34. The molecule has 4 aromatic carbocycles. The van der Waals surface area contributed by atoms with E-state index in [0.717, 1.165) is 33.4 Å². The van der Waals surface area contributed by atoms with Crippen molar-refractivity contribution in [2.45, 2.75) is 58.5 Å². The molecule has 0 aromatic heterocycles. The van der Waals surface area contributed by atoms with Crippen molar-refractivity contribution in [3.05, 3.63) is 129 Å². The number of aryl methyl sites for hydroxylation is 2. The van der Waals surface area contributed by atoms with Crippen molar-refractivity contribution in [1.82, 2.24) is 4.31 Å². The van der Waals surface area contributed by atoms with Gasteiger partial charge in [-0.25, -0.2) is 8.42 Å². The first-order chi connectivity index (χ1) is 21.0. The Morgan fingerprint density at radius 2 is 1.45 bits per heavy atom. The first kappa shape index (κ1) is 32.7. The Kier molecular flexibility index (Phi) is 10.4. The van der Waals surface area contributed by atoms with Crippen LogP contribution in [0.15, 0.2) is 89.8 Å². The van der Waals surface area contributed by atoms with E-state index in [0.29, 0.717) is 16.9 Å². The number of carbonyl (C=O) groups is 1. The number of esters is 1. The fraction of sp³-hybridized carbons (Fsp3) is 0.270. The summed E-state index contributed by atoms with van der Waals surface area (Å²) in [7, 11) is -1.33. The van der Waals surface area contributed by atoms with E-state index in [1.54, 1.807) is 27.0 Å². The van der Waals surface area contributed by atoms with Crippen molar-refractivity contribution in [2.24, 2.45) is 0 Å². The van der Waals surface area contributed by atoms with Crippen LogP contribution in [-0.2, 0) is 32.5 Å². The molecule has 0 spiro atoms. The van der Waals surface area contributed by atoms with Crippen LogP contribution in [0.2, 0.25) is 0 Å². The molecular weight excluding hydrogens is 570 g/mol. The molecule has 0 radical (unpaired) electrons. The molecule has 0 unspecified atom stereocenters. The molecule has 0 aliphatic heterocycles. The van der Waals surface area contributed by atoms with E-state index in [1.165, 1.54) is 17.0 Å². The summed E-state index contributed by atoms with van der Waals surface area (Å²) in [5.41, 5.74) is 7.90. The van der Waals surface area contributed by atoms with Gasteiger partial charge >= 0.3 is 5.97 Å². The molecule has 4 aromatic rings. The summed E-state index contributed by atoms with van der Waals surface area (Å²) in [5, 5.41) is 0. The van der Waals surface area contributed by atoms with Crippen LogP contribution in [0.1, 0.15) is 51.4 Å². The number of allylic oxidation sites excluding steroid dienone is 1. The van der Waals surface area contributed by atoms with E-state index in [2.05, 4.69) is 32.1 Å². The molecule has 4 rings (SSSR count). The van der Waals surface area contributed by atoms with Gasteiger partial charge in [-0.2, -0.15) is 4.31 Å². The predicted octanol–water partition coefficient (Wildman–Crippen LogP) is 7.46. The number of hydrogen-bond donors (Lipinski definition) is 0. The minimum Gasteiger partial charge on any atom is -0.496 e. The minimum absolute atomic E-state index is 0.0142. The zero-order valence-corrected chi connectivity index (χ0v) is 27.4. The number of hydrogen-bond acceptors (Lipinski definition) is 5. The maximum absolute atomic E-state index is 14.7. The number of sulfonamides is 1. The fourth-order valence-electron chi connectivity index (χ4n) is 5.50. The fourth-order valence-corrected chi connectivity index (χ4v) is 7.56. The first-order valence-corrected chi connectivity index (χ1v) is 16.0. The number of ether oxygens (including phenoxy) is 2. The molecule has 0 saturated carbocycles. The Morgan fingerprint density at radius 1 is 0.818 bits per heavy atom. The second kappa shape index (κ2) is 14.1. The Balaban J connectivity index is 1.80. The molecule has 0 amide bonds. The molecule has 0 heterocycles. The Labute approximate surface area is 262 Å². The molecule has 0 fully saturated rings. The minimum atomic E-state index is -4.19. The molecule has 0 aliphatic carbocycles. The molecule has 0 N–H and O–H groups in total. The molecule has 1 atom stereocenters. The van der Waals surface area contributed by atoms with Crippen LogP contribution >= 0.6 is 0 Å². The largest absolute Gasteiger partial charge is 0.496 e. The Bertz CT molecular complexity index is 1760. The third kappa shape index (κ3) is 7.12. The van der Waals surface area contributed by atoms with E-state index in [9.17, 15) is 13.2 Å². The van der Waals surface area contributed by atoms with Crippen LogP contribution in [0, 0.1) is 27.7 Å². The number of rotatable bonds is 11. The van der Waals surface area contributed by atoms with Crippen LogP contribution in [0.5, 0.6) is 5.75 Å². The van der Waals surface area contributed by atoms with Crippen molar-refractivity contribution in [3.8, 4) is 5.75 Å². The Hall–Kier alpha value is -4.20. The van der Waals surface area contributed by atoms with Gasteiger partial charge in [0.25, 0.3) is 0 Å². The second-order valence-electron chi connectivity index (χ2n) is 11.1. The Morgan fingerprint density at radius 3 is 2.07 bits per heavy atom. The summed E-state index contributed by atoms with van der Waals surface area (Å²) < 4.78 is 41.3. The van der Waals surface area contributed by atoms with Gasteiger partial charge in [-0.1, -0.05) is 84.9 Å². The van der Waals surface area contributed by atoms with Gasteiger partial charge in [-0.15, -0.1) is 0 Å². The molecule has 44 heavy (non-hydrogen) atoms. The number of nitrogens with zero attached hydrogens (tertiary/aromatic N) is 1. The summed E-state index contributed by atoms with van der Waals surface area (Å²) >= 11 is 0. The number of methoxy groups -OCH3 is 2. The monoisotopic (exact) mass is 611 g/mol. The van der Waals surface area contributed by atoms with Gasteiger partial charge in [0.1, 0.15) is 11.8 Å². The summed E-state index contributed by atoms with van der Waals surface area (Å²) in [6.07, 6.45) is 2.31. The second-order valence-corrected chi connectivity index (χ2v) is 13.0. The zero-order chi connectivity index (χ0) is 32.0. The molecule has 0 bridgehead atoms. The van der Waals surface area contributed by atoms with Crippen LogP contribution in [0.25, 0.3) is 11.6 Å². The van der Waals surface area contributed by atoms with Gasteiger partial charge in [-0.3, -0.25) is 4.79 Å².